The summed E-state index contributed by atoms with van der Waals surface area (Å²) < 4.78 is 19.1. The van der Waals surface area contributed by atoms with E-state index < -0.39 is 35.6 Å². The van der Waals surface area contributed by atoms with E-state index in [1.165, 1.54) is 12.1 Å². The highest BCUT2D eigenvalue weighted by Gasteiger charge is 2.36. The van der Waals surface area contributed by atoms with Crippen molar-refractivity contribution >= 4 is 17.7 Å². The minimum Gasteiger partial charge on any atom is -0.497 e. The quantitative estimate of drug-likeness (QED) is 0.170. The van der Waals surface area contributed by atoms with Crippen LogP contribution in [0.25, 0.3) is 0 Å². The first kappa shape index (κ1) is 33.2. The normalized spacial score (nSPS) is 12.5. The molecule has 2 atom stereocenters. The van der Waals surface area contributed by atoms with Crippen molar-refractivity contribution in [2.24, 2.45) is 17.2 Å². The number of hydrogen-bond donors (Lipinski definition) is 5. The number of primary amides is 3. The Kier molecular flexibility index (Phi) is 11.8. The number of hydrogen-bond acceptors (Lipinski definition) is 6. The van der Waals surface area contributed by atoms with Crippen LogP contribution in [0.2, 0.25) is 0 Å². The molecule has 230 valence electrons. The third kappa shape index (κ3) is 7.97. The van der Waals surface area contributed by atoms with Crippen LogP contribution >= 0.6 is 0 Å². The van der Waals surface area contributed by atoms with Gasteiger partial charge in [0.1, 0.15) is 11.6 Å². The number of ether oxygens (including phenoxy) is 1. The number of methoxy groups -OCH3 is 1. The Morgan fingerprint density at radius 1 is 0.860 bits per heavy atom. The highest BCUT2D eigenvalue weighted by molar-refractivity contribution is 6.09. The van der Waals surface area contributed by atoms with Gasteiger partial charge in [-0.05, 0) is 71.3 Å². The number of benzene rings is 3. The van der Waals surface area contributed by atoms with Crippen molar-refractivity contribution in [3.63, 3.8) is 0 Å². The Bertz CT molecular complexity index is 1410. The van der Waals surface area contributed by atoms with E-state index in [4.69, 9.17) is 21.9 Å². The van der Waals surface area contributed by atoms with Crippen LogP contribution in [-0.2, 0) is 25.8 Å². The topological polar surface area (TPSA) is 171 Å². The van der Waals surface area contributed by atoms with Crippen molar-refractivity contribution in [1.82, 2.24) is 5.32 Å². The summed E-state index contributed by atoms with van der Waals surface area (Å²) in [6, 6.07) is 13.2. The van der Waals surface area contributed by atoms with E-state index in [9.17, 15) is 23.9 Å². The highest BCUT2D eigenvalue weighted by atomic mass is 19.1. The van der Waals surface area contributed by atoms with Crippen molar-refractivity contribution in [2.75, 3.05) is 13.7 Å². The first-order chi connectivity index (χ1) is 20.5. The summed E-state index contributed by atoms with van der Waals surface area (Å²) in [6.45, 7) is 4.21. The minimum atomic E-state index is -1.16. The van der Waals surface area contributed by atoms with Gasteiger partial charge in [0.15, 0.2) is 0 Å². The number of nitrogens with one attached hydrogen (secondary N) is 1. The van der Waals surface area contributed by atoms with Gasteiger partial charge in [0, 0.05) is 35.7 Å². The van der Waals surface area contributed by atoms with Crippen molar-refractivity contribution in [1.29, 1.82) is 0 Å². The number of aliphatic hydroxyl groups excluding tert-OH is 1. The number of aliphatic hydroxyl groups is 1. The molecule has 0 aliphatic rings. The van der Waals surface area contributed by atoms with Crippen LogP contribution in [0.5, 0.6) is 5.75 Å². The Morgan fingerprint density at radius 2 is 1.42 bits per heavy atom. The zero-order chi connectivity index (χ0) is 31.7. The van der Waals surface area contributed by atoms with Crippen LogP contribution in [0.3, 0.4) is 0 Å². The summed E-state index contributed by atoms with van der Waals surface area (Å²) in [5.41, 5.74) is 20.2. The third-order valence-corrected chi connectivity index (χ3v) is 7.51. The molecule has 0 aromatic heterocycles. The van der Waals surface area contributed by atoms with Gasteiger partial charge in [0.2, 0.25) is 17.7 Å². The molecule has 3 aromatic carbocycles. The second-order valence-electron chi connectivity index (χ2n) is 10.6. The summed E-state index contributed by atoms with van der Waals surface area (Å²) in [6.07, 6.45) is 0.633. The van der Waals surface area contributed by atoms with Crippen molar-refractivity contribution in [3.05, 3.63) is 98.9 Å². The highest BCUT2D eigenvalue weighted by Crippen LogP contribution is 2.38. The molecule has 0 unspecified atom stereocenters. The number of rotatable bonds is 16. The van der Waals surface area contributed by atoms with Gasteiger partial charge >= 0.3 is 0 Å². The summed E-state index contributed by atoms with van der Waals surface area (Å²) in [5.74, 6) is -3.16. The molecule has 0 saturated heterocycles. The van der Waals surface area contributed by atoms with Crippen LogP contribution in [0, 0.1) is 5.82 Å². The lowest BCUT2D eigenvalue weighted by molar-refractivity contribution is 0.0990. The Morgan fingerprint density at radius 3 is 1.91 bits per heavy atom. The second kappa shape index (κ2) is 15.3. The molecule has 0 heterocycles. The smallest absolute Gasteiger partial charge is 0.249 e. The lowest BCUT2D eigenvalue weighted by atomic mass is 9.75. The predicted molar refractivity (Wildman–Crippen MR) is 164 cm³/mol. The molecular formula is C33H41FN4O5. The van der Waals surface area contributed by atoms with Gasteiger partial charge in [-0.25, -0.2) is 4.39 Å². The largest absolute Gasteiger partial charge is 0.497 e. The molecule has 9 nitrogen and oxygen atoms in total. The number of halogens is 1. The van der Waals surface area contributed by atoms with E-state index in [1.54, 1.807) is 19.2 Å². The molecule has 3 aromatic rings. The first-order valence-electron chi connectivity index (χ1n) is 14.4. The molecule has 10 heteroatoms. The van der Waals surface area contributed by atoms with Crippen LogP contribution in [-0.4, -0.2) is 42.6 Å². The number of carbonyl (C=O) groups is 3. The van der Waals surface area contributed by atoms with Crippen molar-refractivity contribution < 1.29 is 28.6 Å². The molecule has 0 aliphatic heterocycles. The average Bonchev–Trinajstić information content (AvgIpc) is 2.96. The van der Waals surface area contributed by atoms with Crippen LogP contribution in [0.4, 0.5) is 4.39 Å². The zero-order valence-corrected chi connectivity index (χ0v) is 24.9. The summed E-state index contributed by atoms with van der Waals surface area (Å²) in [4.78, 5) is 39.2. The van der Waals surface area contributed by atoms with Gasteiger partial charge in [0.05, 0.1) is 13.2 Å². The molecule has 0 radical (unpaired) electrons. The molecule has 0 spiro atoms. The van der Waals surface area contributed by atoms with Gasteiger partial charge < -0.3 is 32.4 Å². The average molecular weight is 593 g/mol. The molecule has 0 saturated carbocycles. The Balaban J connectivity index is 2.25. The SMILES string of the molecule is CCCc1c(C(N)=O)c(CCC)c(C(N)=O)c([C@H](Cc2ccc(F)cc2)[C@@H](O)CNCc2cccc(OC)c2)c1C(N)=O. The van der Waals surface area contributed by atoms with Crippen LogP contribution < -0.4 is 27.3 Å². The fraction of sp³-hybridized carbons (Fsp3) is 0.364. The summed E-state index contributed by atoms with van der Waals surface area (Å²) in [5, 5.41) is 15.0. The Labute approximate surface area is 251 Å². The summed E-state index contributed by atoms with van der Waals surface area (Å²) in [7, 11) is 1.58. The first-order valence-corrected chi connectivity index (χ1v) is 14.4. The van der Waals surface area contributed by atoms with Gasteiger partial charge in [-0.2, -0.15) is 0 Å². The van der Waals surface area contributed by atoms with E-state index in [1.807, 2.05) is 38.1 Å². The van der Waals surface area contributed by atoms with Crippen LogP contribution in [0.1, 0.15) is 91.5 Å². The number of amides is 3. The maximum Gasteiger partial charge on any atom is 0.249 e. The standard InChI is InChI=1S/C33H41FN4O5/c1-4-7-23-27(31(35)40)24(8-5-2)30(33(37)42)28(29(23)32(36)41)25(16-19-11-13-21(34)14-12-19)26(39)18-38-17-20-9-6-10-22(15-20)43-3/h6,9-15,25-26,38-39H,4-5,7-8,16-18H2,1-3H3,(H2,35,40)(H2,36,41)(H2,37,42)/t25-,26+/m1/s1. The van der Waals surface area contributed by atoms with E-state index >= 15 is 0 Å². The zero-order valence-electron chi connectivity index (χ0n) is 24.9. The monoisotopic (exact) mass is 592 g/mol. The molecule has 3 amide bonds. The van der Waals surface area contributed by atoms with E-state index in [0.29, 0.717) is 41.8 Å². The fourth-order valence-electron chi connectivity index (χ4n) is 5.71. The van der Waals surface area contributed by atoms with Gasteiger partial charge in [0.25, 0.3) is 0 Å². The lowest BCUT2D eigenvalue weighted by Gasteiger charge is -2.31. The maximum absolute atomic E-state index is 13.8. The fourth-order valence-corrected chi connectivity index (χ4v) is 5.71. The second-order valence-corrected chi connectivity index (χ2v) is 10.6. The molecule has 3 rings (SSSR count). The lowest BCUT2D eigenvalue weighted by Crippen LogP contribution is -2.37. The Hall–Kier alpha value is -4.28. The summed E-state index contributed by atoms with van der Waals surface area (Å²) >= 11 is 0. The predicted octanol–water partition coefficient (Wildman–Crippen LogP) is 3.51. The number of nitrogens with two attached hydrogens (primary N) is 3. The minimum absolute atomic E-state index is 0.0386. The van der Waals surface area contributed by atoms with E-state index in [-0.39, 0.29) is 48.1 Å². The molecule has 0 aliphatic carbocycles. The molecule has 0 bridgehead atoms. The maximum atomic E-state index is 13.8. The van der Waals surface area contributed by atoms with Gasteiger partial charge in [-0.3, -0.25) is 14.4 Å². The molecule has 0 fully saturated rings. The molecule has 8 N–H and O–H groups in total. The number of carbonyl (C=O) groups excluding carboxylic acids is 3. The molecular weight excluding hydrogens is 551 g/mol. The van der Waals surface area contributed by atoms with Gasteiger partial charge in [-0.1, -0.05) is 51.0 Å². The third-order valence-electron chi connectivity index (χ3n) is 7.51. The van der Waals surface area contributed by atoms with Crippen molar-refractivity contribution in [3.8, 4) is 5.75 Å². The van der Waals surface area contributed by atoms with Crippen molar-refractivity contribution in [2.45, 2.75) is 64.5 Å². The van der Waals surface area contributed by atoms with Crippen LogP contribution in [0.15, 0.2) is 48.5 Å². The van der Waals surface area contributed by atoms with E-state index in [2.05, 4.69) is 5.32 Å². The van der Waals surface area contributed by atoms with E-state index in [0.717, 1.165) is 5.56 Å². The van der Waals surface area contributed by atoms with Gasteiger partial charge in [-0.15, -0.1) is 0 Å². The molecule has 43 heavy (non-hydrogen) atoms.